The predicted octanol–water partition coefficient (Wildman–Crippen LogP) is 3.65. The third-order valence-electron chi connectivity index (χ3n) is 3.17. The van der Waals surface area contributed by atoms with Crippen molar-refractivity contribution in [2.75, 3.05) is 5.84 Å². The Bertz CT molecular complexity index is 797. The Morgan fingerprint density at radius 3 is 2.86 bits per heavy atom. The zero-order chi connectivity index (χ0) is 15.7. The number of aryl methyl sites for hydroxylation is 1. The fourth-order valence-electron chi connectivity index (χ4n) is 1.98. The number of thioether (sulfide) groups is 1. The Labute approximate surface area is 135 Å². The quantitative estimate of drug-likeness (QED) is 0.581. The average molecular weight is 339 g/mol. The van der Waals surface area contributed by atoms with E-state index in [1.165, 1.54) is 22.5 Å². The molecular weight excluding hydrogens is 327 g/mol. The molecule has 2 aromatic heterocycles. The number of benzene rings is 1. The second-order valence-corrected chi connectivity index (χ2v) is 5.91. The predicted molar refractivity (Wildman–Crippen MR) is 83.6 cm³/mol. The van der Waals surface area contributed by atoms with E-state index in [9.17, 15) is 4.39 Å². The Kier molecular flexibility index (Phi) is 4.08. The van der Waals surface area contributed by atoms with Crippen LogP contribution in [0, 0.1) is 12.7 Å². The van der Waals surface area contributed by atoms with Crippen LogP contribution in [0.15, 0.2) is 40.1 Å². The molecule has 0 aliphatic rings. The van der Waals surface area contributed by atoms with Gasteiger partial charge in [0, 0.05) is 16.3 Å². The van der Waals surface area contributed by atoms with Crippen LogP contribution in [-0.4, -0.2) is 14.9 Å². The van der Waals surface area contributed by atoms with Gasteiger partial charge in [-0.1, -0.05) is 29.4 Å². The highest BCUT2D eigenvalue weighted by Gasteiger charge is 2.16. The van der Waals surface area contributed by atoms with Gasteiger partial charge in [-0.15, -0.1) is 10.2 Å². The fraction of sp³-hybridized carbons (Fsp3) is 0.143. The Morgan fingerprint density at radius 2 is 2.18 bits per heavy atom. The fourth-order valence-corrected chi connectivity index (χ4v) is 3.18. The molecule has 22 heavy (non-hydrogen) atoms. The van der Waals surface area contributed by atoms with Crippen LogP contribution in [0.4, 0.5) is 4.39 Å². The molecule has 0 aliphatic carbocycles. The van der Waals surface area contributed by atoms with Crippen LogP contribution in [0.25, 0.3) is 11.4 Å². The van der Waals surface area contributed by atoms with E-state index in [2.05, 4.69) is 10.2 Å². The highest BCUT2D eigenvalue weighted by Crippen LogP contribution is 2.29. The van der Waals surface area contributed by atoms with Crippen LogP contribution in [0.3, 0.4) is 0 Å². The zero-order valence-corrected chi connectivity index (χ0v) is 13.2. The lowest BCUT2D eigenvalue weighted by Gasteiger charge is -2.05. The number of nitrogens with two attached hydrogens (primary N) is 1. The van der Waals surface area contributed by atoms with Gasteiger partial charge in [0.15, 0.2) is 5.82 Å². The van der Waals surface area contributed by atoms with Crippen molar-refractivity contribution in [1.82, 2.24) is 14.9 Å². The first-order valence-electron chi connectivity index (χ1n) is 6.38. The molecule has 0 aliphatic heterocycles. The first-order chi connectivity index (χ1) is 10.6. The van der Waals surface area contributed by atoms with Crippen molar-refractivity contribution >= 4 is 23.4 Å². The molecule has 0 amide bonds. The minimum atomic E-state index is -0.353. The topological polar surface area (TPSA) is 69.9 Å². The molecule has 114 valence electrons. The van der Waals surface area contributed by atoms with E-state index in [4.69, 9.17) is 21.9 Å². The highest BCUT2D eigenvalue weighted by atomic mass is 35.5. The summed E-state index contributed by atoms with van der Waals surface area (Å²) in [5, 5.41) is 8.93. The van der Waals surface area contributed by atoms with Crippen LogP contribution in [0.5, 0.6) is 0 Å². The molecule has 2 heterocycles. The van der Waals surface area contributed by atoms with E-state index < -0.39 is 0 Å². The number of aromatic nitrogens is 3. The molecule has 5 nitrogen and oxygen atoms in total. The van der Waals surface area contributed by atoms with Gasteiger partial charge in [0.25, 0.3) is 0 Å². The standard InChI is InChI=1S/C14H12ClFN4OS/c1-8-9(5-6-21-8)13-18-19-14(20(13)17)22-7-10-11(15)3-2-4-12(10)16/h2-6H,7,17H2,1H3. The largest absolute Gasteiger partial charge is 0.469 e. The zero-order valence-electron chi connectivity index (χ0n) is 11.6. The summed E-state index contributed by atoms with van der Waals surface area (Å²) in [5.74, 6) is 7.16. The summed E-state index contributed by atoms with van der Waals surface area (Å²) in [7, 11) is 0. The molecule has 3 aromatic rings. The van der Waals surface area contributed by atoms with Gasteiger partial charge >= 0.3 is 0 Å². The van der Waals surface area contributed by atoms with Crippen molar-refractivity contribution in [2.45, 2.75) is 17.8 Å². The van der Waals surface area contributed by atoms with Gasteiger partial charge in [-0.05, 0) is 25.1 Å². The molecular formula is C14H12ClFN4OS. The maximum Gasteiger partial charge on any atom is 0.210 e. The van der Waals surface area contributed by atoms with Crippen LogP contribution >= 0.6 is 23.4 Å². The van der Waals surface area contributed by atoms with Crippen molar-refractivity contribution < 1.29 is 8.81 Å². The first kappa shape index (κ1) is 14.9. The number of nitrogens with zero attached hydrogens (tertiary/aromatic N) is 3. The normalized spacial score (nSPS) is 11.0. The molecule has 0 fully saturated rings. The molecule has 0 saturated heterocycles. The highest BCUT2D eigenvalue weighted by molar-refractivity contribution is 7.98. The van der Waals surface area contributed by atoms with Gasteiger partial charge < -0.3 is 10.3 Å². The monoisotopic (exact) mass is 338 g/mol. The molecule has 1 aromatic carbocycles. The van der Waals surface area contributed by atoms with Crippen molar-refractivity contribution in [1.29, 1.82) is 0 Å². The molecule has 0 radical (unpaired) electrons. The van der Waals surface area contributed by atoms with Gasteiger partial charge in [0.2, 0.25) is 5.16 Å². The van der Waals surface area contributed by atoms with Crippen molar-refractivity contribution in [3.63, 3.8) is 0 Å². The summed E-state index contributed by atoms with van der Waals surface area (Å²) < 4.78 is 20.3. The Hall–Kier alpha value is -1.99. The second kappa shape index (κ2) is 6.02. The number of halogens is 2. The van der Waals surface area contributed by atoms with Crippen LogP contribution in [-0.2, 0) is 5.75 Å². The summed E-state index contributed by atoms with van der Waals surface area (Å²) in [6.45, 7) is 1.82. The summed E-state index contributed by atoms with van der Waals surface area (Å²) >= 11 is 7.26. The number of hydrogen-bond acceptors (Lipinski definition) is 5. The number of rotatable bonds is 4. The summed E-state index contributed by atoms with van der Waals surface area (Å²) in [6.07, 6.45) is 1.56. The van der Waals surface area contributed by atoms with Gasteiger partial charge in [-0.25, -0.2) is 9.07 Å². The summed E-state index contributed by atoms with van der Waals surface area (Å²) in [5.41, 5.74) is 1.18. The van der Waals surface area contributed by atoms with Gasteiger partial charge in [0.1, 0.15) is 11.6 Å². The lowest BCUT2D eigenvalue weighted by molar-refractivity contribution is 0.535. The van der Waals surface area contributed by atoms with Crippen molar-refractivity contribution in [3.05, 3.63) is 52.7 Å². The molecule has 3 rings (SSSR count). The van der Waals surface area contributed by atoms with Gasteiger partial charge in [-0.2, -0.15) is 0 Å². The molecule has 0 spiro atoms. The molecule has 0 atom stereocenters. The minimum absolute atomic E-state index is 0.311. The third-order valence-corrected chi connectivity index (χ3v) is 4.50. The number of nitrogen functional groups attached to an aromatic ring is 1. The second-order valence-electron chi connectivity index (χ2n) is 4.56. The van der Waals surface area contributed by atoms with Crippen LogP contribution in [0.2, 0.25) is 5.02 Å². The number of hydrogen-bond donors (Lipinski definition) is 1. The first-order valence-corrected chi connectivity index (χ1v) is 7.75. The van der Waals surface area contributed by atoms with E-state index in [0.29, 0.717) is 33.1 Å². The molecule has 0 bridgehead atoms. The molecule has 0 unspecified atom stereocenters. The summed E-state index contributed by atoms with van der Waals surface area (Å²) in [4.78, 5) is 0. The summed E-state index contributed by atoms with van der Waals surface area (Å²) in [6, 6.07) is 6.35. The Balaban J connectivity index is 1.83. The van der Waals surface area contributed by atoms with Gasteiger partial charge in [-0.3, -0.25) is 0 Å². The van der Waals surface area contributed by atoms with E-state index in [0.717, 1.165) is 5.56 Å². The van der Waals surface area contributed by atoms with Gasteiger partial charge in [0.05, 0.1) is 11.8 Å². The van der Waals surface area contributed by atoms with E-state index >= 15 is 0 Å². The average Bonchev–Trinajstić information content (AvgIpc) is 3.05. The Morgan fingerprint density at radius 1 is 1.36 bits per heavy atom. The van der Waals surface area contributed by atoms with E-state index in [-0.39, 0.29) is 5.82 Å². The smallest absolute Gasteiger partial charge is 0.210 e. The minimum Gasteiger partial charge on any atom is -0.469 e. The van der Waals surface area contributed by atoms with Crippen LogP contribution < -0.4 is 5.84 Å². The lowest BCUT2D eigenvalue weighted by Crippen LogP contribution is -2.11. The van der Waals surface area contributed by atoms with E-state index in [1.807, 2.05) is 6.92 Å². The van der Waals surface area contributed by atoms with Crippen LogP contribution in [0.1, 0.15) is 11.3 Å². The molecule has 2 N–H and O–H groups in total. The molecule has 0 saturated carbocycles. The SMILES string of the molecule is Cc1occc1-c1nnc(SCc2c(F)cccc2Cl)n1N. The van der Waals surface area contributed by atoms with Crippen molar-refractivity contribution in [3.8, 4) is 11.4 Å². The maximum atomic E-state index is 13.8. The third kappa shape index (κ3) is 2.69. The number of furan rings is 1. The molecule has 8 heteroatoms. The van der Waals surface area contributed by atoms with E-state index in [1.54, 1.807) is 24.5 Å². The maximum absolute atomic E-state index is 13.8. The lowest BCUT2D eigenvalue weighted by atomic mass is 10.2. The van der Waals surface area contributed by atoms with Crippen molar-refractivity contribution in [2.24, 2.45) is 0 Å².